The molecule has 0 aliphatic heterocycles. The van der Waals surface area contributed by atoms with Crippen LogP contribution in [-0.4, -0.2) is 47.2 Å². The predicted octanol–water partition coefficient (Wildman–Crippen LogP) is 5.51. The van der Waals surface area contributed by atoms with Gasteiger partial charge >= 0.3 is 5.97 Å². The zero-order chi connectivity index (χ0) is 23.1. The van der Waals surface area contributed by atoms with Gasteiger partial charge in [0.15, 0.2) is 0 Å². The second kappa shape index (κ2) is 15.6. The van der Waals surface area contributed by atoms with Crippen molar-refractivity contribution in [3.05, 3.63) is 24.3 Å². The molecule has 5 heteroatoms. The Hall–Kier alpha value is -1.17. The van der Waals surface area contributed by atoms with Crippen LogP contribution in [0.4, 0.5) is 0 Å². The molecule has 0 saturated heterocycles. The summed E-state index contributed by atoms with van der Waals surface area (Å²) >= 11 is 0. The number of methoxy groups -OCH3 is 1. The van der Waals surface area contributed by atoms with E-state index in [9.17, 15) is 9.90 Å². The third-order valence-electron chi connectivity index (χ3n) is 6.66. The van der Waals surface area contributed by atoms with E-state index in [4.69, 9.17) is 14.9 Å². The standard InChI is InChI=1S/C26H46O5/c1-26(2,25(29)30)18-14-10-6-4-8-12-16-21-22(24(31-3)20-23(21)28)17-13-9-5-7-11-15-19-27/h8,12-13,17,21-24,27-28H,4-7,9-11,14-16,18-20H2,1-3H3,(H,29,30)/t21?,22-,23+,24-/m0/s1. The van der Waals surface area contributed by atoms with Gasteiger partial charge in [-0.05, 0) is 64.7 Å². The molecule has 180 valence electrons. The normalized spacial score (nSPS) is 24.5. The Balaban J connectivity index is 2.35. The molecule has 3 N–H and O–H groups in total. The summed E-state index contributed by atoms with van der Waals surface area (Å²) < 4.78 is 5.65. The van der Waals surface area contributed by atoms with Gasteiger partial charge < -0.3 is 20.1 Å². The number of carboxylic acids is 1. The van der Waals surface area contributed by atoms with Gasteiger partial charge in [0.25, 0.3) is 0 Å². The quantitative estimate of drug-likeness (QED) is 0.206. The lowest BCUT2D eigenvalue weighted by Crippen LogP contribution is -2.23. The summed E-state index contributed by atoms with van der Waals surface area (Å²) in [5, 5.41) is 28.5. The van der Waals surface area contributed by atoms with Crippen LogP contribution < -0.4 is 0 Å². The van der Waals surface area contributed by atoms with Crippen LogP contribution in [0.1, 0.15) is 90.9 Å². The molecule has 0 aromatic heterocycles. The van der Waals surface area contributed by atoms with Gasteiger partial charge in [-0.15, -0.1) is 0 Å². The summed E-state index contributed by atoms with van der Waals surface area (Å²) in [5.41, 5.74) is -0.631. The zero-order valence-electron chi connectivity index (χ0n) is 20.0. The average Bonchev–Trinajstić information content (AvgIpc) is 3.03. The van der Waals surface area contributed by atoms with Crippen molar-refractivity contribution in [3.63, 3.8) is 0 Å². The highest BCUT2D eigenvalue weighted by atomic mass is 16.5. The van der Waals surface area contributed by atoms with Gasteiger partial charge in [-0.1, -0.05) is 50.0 Å². The SMILES string of the molecule is CO[C@H]1C[C@@H](O)C(CC=CCCCCCC(C)(C)C(=O)O)[C@@H]1C=CCCCCCCO. The number of unbranched alkanes of at least 4 members (excludes halogenated alkanes) is 7. The molecule has 0 amide bonds. The van der Waals surface area contributed by atoms with Crippen LogP contribution in [0.15, 0.2) is 24.3 Å². The molecule has 5 nitrogen and oxygen atoms in total. The lowest BCUT2D eigenvalue weighted by Gasteiger charge is -2.21. The smallest absolute Gasteiger partial charge is 0.309 e. The van der Waals surface area contributed by atoms with Crippen LogP contribution in [0.5, 0.6) is 0 Å². The molecule has 1 saturated carbocycles. The topological polar surface area (TPSA) is 87.0 Å². The van der Waals surface area contributed by atoms with Crippen molar-refractivity contribution >= 4 is 5.97 Å². The molecule has 4 atom stereocenters. The van der Waals surface area contributed by atoms with Gasteiger partial charge in [-0.3, -0.25) is 4.79 Å². The van der Waals surface area contributed by atoms with Crippen LogP contribution in [-0.2, 0) is 9.53 Å². The number of aliphatic carboxylic acids is 1. The van der Waals surface area contributed by atoms with Gasteiger partial charge in [0.2, 0.25) is 0 Å². The Morgan fingerprint density at radius 3 is 2.29 bits per heavy atom. The first-order valence-electron chi connectivity index (χ1n) is 12.2. The summed E-state index contributed by atoms with van der Waals surface area (Å²) in [4.78, 5) is 11.1. The number of carboxylic acid groups (broad SMARTS) is 1. The van der Waals surface area contributed by atoms with Crippen LogP contribution in [0, 0.1) is 17.3 Å². The first-order chi connectivity index (χ1) is 14.8. The zero-order valence-corrected chi connectivity index (χ0v) is 20.0. The van der Waals surface area contributed by atoms with Crippen molar-refractivity contribution in [2.24, 2.45) is 17.3 Å². The Kier molecular flexibility index (Phi) is 14.0. The molecule has 1 unspecified atom stereocenters. The molecule has 1 aliphatic carbocycles. The van der Waals surface area contributed by atoms with Gasteiger partial charge in [-0.2, -0.15) is 0 Å². The van der Waals surface area contributed by atoms with Crippen molar-refractivity contribution in [2.45, 2.75) is 103 Å². The number of aliphatic hydroxyl groups is 2. The highest BCUT2D eigenvalue weighted by Gasteiger charge is 2.40. The maximum absolute atomic E-state index is 11.1. The molecule has 0 heterocycles. The molecular formula is C26H46O5. The van der Waals surface area contributed by atoms with Gasteiger partial charge in [-0.25, -0.2) is 0 Å². The maximum Gasteiger partial charge on any atom is 0.309 e. The van der Waals surface area contributed by atoms with E-state index in [0.717, 1.165) is 64.2 Å². The third kappa shape index (κ3) is 10.8. The van der Waals surface area contributed by atoms with Crippen molar-refractivity contribution in [2.75, 3.05) is 13.7 Å². The number of aliphatic hydroxyl groups excluding tert-OH is 2. The molecule has 0 aromatic carbocycles. The number of allylic oxidation sites excluding steroid dienone is 3. The van der Waals surface area contributed by atoms with Gasteiger partial charge in [0.1, 0.15) is 0 Å². The molecule has 1 aliphatic rings. The largest absolute Gasteiger partial charge is 0.481 e. The fraction of sp³-hybridized carbons (Fsp3) is 0.808. The van der Waals surface area contributed by atoms with Crippen molar-refractivity contribution in [1.82, 2.24) is 0 Å². The molecule has 0 spiro atoms. The lowest BCUT2D eigenvalue weighted by molar-refractivity contribution is -0.147. The van der Waals surface area contributed by atoms with E-state index in [1.807, 2.05) is 0 Å². The fourth-order valence-corrected chi connectivity index (χ4v) is 4.40. The van der Waals surface area contributed by atoms with Crippen LogP contribution in [0.25, 0.3) is 0 Å². The average molecular weight is 439 g/mol. The van der Waals surface area contributed by atoms with E-state index in [1.165, 1.54) is 0 Å². The highest BCUT2D eigenvalue weighted by molar-refractivity contribution is 5.73. The van der Waals surface area contributed by atoms with E-state index in [0.29, 0.717) is 12.8 Å². The van der Waals surface area contributed by atoms with Crippen LogP contribution >= 0.6 is 0 Å². The monoisotopic (exact) mass is 438 g/mol. The number of hydrogen-bond donors (Lipinski definition) is 3. The van der Waals surface area contributed by atoms with Gasteiger partial charge in [0.05, 0.1) is 17.6 Å². The maximum atomic E-state index is 11.1. The van der Waals surface area contributed by atoms with Crippen molar-refractivity contribution in [1.29, 1.82) is 0 Å². The Bertz CT molecular complexity index is 540. The van der Waals surface area contributed by atoms with Gasteiger partial charge in [0, 0.05) is 26.1 Å². The summed E-state index contributed by atoms with van der Waals surface area (Å²) in [6.45, 7) is 3.86. The molecule has 0 radical (unpaired) electrons. The Morgan fingerprint density at radius 1 is 1.00 bits per heavy atom. The van der Waals surface area contributed by atoms with E-state index >= 15 is 0 Å². The molecule has 1 fully saturated rings. The number of rotatable bonds is 17. The number of ether oxygens (including phenoxy) is 1. The van der Waals surface area contributed by atoms with Crippen molar-refractivity contribution < 1.29 is 24.9 Å². The van der Waals surface area contributed by atoms with E-state index in [2.05, 4.69) is 24.3 Å². The predicted molar refractivity (Wildman–Crippen MR) is 126 cm³/mol. The molecule has 31 heavy (non-hydrogen) atoms. The molecular weight excluding hydrogens is 392 g/mol. The fourth-order valence-electron chi connectivity index (χ4n) is 4.40. The second-order valence-electron chi connectivity index (χ2n) is 9.67. The lowest BCUT2D eigenvalue weighted by atomic mass is 9.87. The van der Waals surface area contributed by atoms with E-state index in [1.54, 1.807) is 21.0 Å². The molecule has 0 bridgehead atoms. The summed E-state index contributed by atoms with van der Waals surface area (Å²) in [7, 11) is 1.73. The first-order valence-corrected chi connectivity index (χ1v) is 12.2. The highest BCUT2D eigenvalue weighted by Crippen LogP contribution is 2.38. The minimum absolute atomic E-state index is 0.0802. The minimum atomic E-state index is -0.720. The van der Waals surface area contributed by atoms with E-state index in [-0.39, 0.29) is 30.7 Å². The van der Waals surface area contributed by atoms with Crippen LogP contribution in [0.2, 0.25) is 0 Å². The second-order valence-corrected chi connectivity index (χ2v) is 9.67. The third-order valence-corrected chi connectivity index (χ3v) is 6.66. The molecule has 1 rings (SSSR count). The minimum Gasteiger partial charge on any atom is -0.481 e. The van der Waals surface area contributed by atoms with E-state index < -0.39 is 11.4 Å². The summed E-state index contributed by atoms with van der Waals surface area (Å²) in [6, 6.07) is 0. The number of carbonyl (C=O) groups is 1. The number of hydrogen-bond acceptors (Lipinski definition) is 4. The van der Waals surface area contributed by atoms with Crippen molar-refractivity contribution in [3.8, 4) is 0 Å². The Labute approximate surface area is 189 Å². The van der Waals surface area contributed by atoms with Crippen LogP contribution in [0.3, 0.4) is 0 Å². The summed E-state index contributed by atoms with van der Waals surface area (Å²) in [6.07, 6.45) is 20.3. The first kappa shape index (κ1) is 27.9. The molecule has 0 aromatic rings. The summed E-state index contributed by atoms with van der Waals surface area (Å²) in [5.74, 6) is -0.272. The Morgan fingerprint density at radius 2 is 1.65 bits per heavy atom.